The van der Waals surface area contributed by atoms with Crippen LogP contribution in [-0.4, -0.2) is 33.2 Å². The van der Waals surface area contributed by atoms with Gasteiger partial charge in [-0.3, -0.25) is 4.79 Å². The Labute approximate surface area is 146 Å². The molecule has 1 amide bonds. The minimum absolute atomic E-state index is 0.0770. The second kappa shape index (κ2) is 9.03. The topological polar surface area (TPSA) is 59.6 Å². The highest BCUT2D eigenvalue weighted by Gasteiger charge is 2.06. The number of hydrogen-bond acceptors (Lipinski definition) is 4. The fraction of sp³-hybridized carbons (Fsp3) is 0.278. The molecule has 0 spiro atoms. The smallest absolute Gasteiger partial charge is 0.239 e. The van der Waals surface area contributed by atoms with Crippen LogP contribution in [0.2, 0.25) is 5.02 Å². The molecule has 5 nitrogen and oxygen atoms in total. The Morgan fingerprint density at radius 3 is 2.58 bits per heavy atom. The molecule has 0 radical (unpaired) electrons. The molecule has 2 rings (SSSR count). The summed E-state index contributed by atoms with van der Waals surface area (Å²) in [6.45, 7) is 0.748. The highest BCUT2D eigenvalue weighted by atomic mass is 35.5. The molecule has 0 atom stereocenters. The van der Waals surface area contributed by atoms with E-state index in [0.717, 1.165) is 17.7 Å². The number of halogens is 1. The summed E-state index contributed by atoms with van der Waals surface area (Å²) in [5, 5.41) is 6.63. The largest absolute Gasteiger partial charge is 0.493 e. The van der Waals surface area contributed by atoms with Crippen molar-refractivity contribution in [3.8, 4) is 11.5 Å². The summed E-state index contributed by atoms with van der Waals surface area (Å²) >= 11 is 5.93. The van der Waals surface area contributed by atoms with E-state index in [1.807, 2.05) is 30.3 Å². The summed E-state index contributed by atoms with van der Waals surface area (Å²) in [4.78, 5) is 11.9. The van der Waals surface area contributed by atoms with Crippen LogP contribution in [0.25, 0.3) is 0 Å². The average Bonchev–Trinajstić information content (AvgIpc) is 2.59. The van der Waals surface area contributed by atoms with E-state index in [9.17, 15) is 4.79 Å². The number of anilines is 1. The Kier molecular flexibility index (Phi) is 6.75. The molecule has 0 aliphatic carbocycles. The molecule has 0 saturated carbocycles. The van der Waals surface area contributed by atoms with Crippen molar-refractivity contribution in [2.45, 2.75) is 6.42 Å². The molecule has 0 saturated heterocycles. The quantitative estimate of drug-likeness (QED) is 0.769. The Bertz CT molecular complexity index is 692. The van der Waals surface area contributed by atoms with E-state index < -0.39 is 0 Å². The average molecular weight is 349 g/mol. The lowest BCUT2D eigenvalue weighted by Gasteiger charge is -2.11. The molecule has 2 aromatic rings. The molecule has 0 aliphatic heterocycles. The maximum absolute atomic E-state index is 11.9. The normalized spacial score (nSPS) is 10.1. The highest BCUT2D eigenvalue weighted by molar-refractivity contribution is 6.30. The zero-order valence-electron chi connectivity index (χ0n) is 13.8. The van der Waals surface area contributed by atoms with E-state index in [2.05, 4.69) is 10.6 Å². The Morgan fingerprint density at radius 2 is 1.88 bits per heavy atom. The van der Waals surface area contributed by atoms with Gasteiger partial charge in [0.1, 0.15) is 0 Å². The van der Waals surface area contributed by atoms with Crippen molar-refractivity contribution in [3.63, 3.8) is 0 Å². The third-order valence-electron chi connectivity index (χ3n) is 3.46. The Hall–Kier alpha value is -2.40. The van der Waals surface area contributed by atoms with Gasteiger partial charge in [-0.15, -0.1) is 0 Å². The third-order valence-corrected chi connectivity index (χ3v) is 3.70. The fourth-order valence-electron chi connectivity index (χ4n) is 2.23. The van der Waals surface area contributed by atoms with E-state index in [0.29, 0.717) is 23.1 Å². The summed E-state index contributed by atoms with van der Waals surface area (Å²) in [6, 6.07) is 13.0. The Balaban J connectivity index is 1.77. The zero-order valence-corrected chi connectivity index (χ0v) is 14.5. The van der Waals surface area contributed by atoms with Crippen LogP contribution in [0.5, 0.6) is 11.5 Å². The lowest BCUT2D eigenvalue weighted by Crippen LogP contribution is -2.31. The number of ether oxygens (including phenoxy) is 2. The molecule has 2 N–H and O–H groups in total. The van der Waals surface area contributed by atoms with Gasteiger partial charge < -0.3 is 20.1 Å². The zero-order chi connectivity index (χ0) is 17.4. The second-order valence-electron chi connectivity index (χ2n) is 5.15. The molecule has 0 fully saturated rings. The monoisotopic (exact) mass is 348 g/mol. The molecule has 2 aromatic carbocycles. The predicted octanol–water partition coefficient (Wildman–Crippen LogP) is 3.13. The van der Waals surface area contributed by atoms with Crippen LogP contribution in [-0.2, 0) is 11.2 Å². The molecule has 6 heteroatoms. The van der Waals surface area contributed by atoms with Gasteiger partial charge in [0, 0.05) is 23.3 Å². The van der Waals surface area contributed by atoms with Crippen molar-refractivity contribution in [2.75, 3.05) is 32.6 Å². The number of amides is 1. The van der Waals surface area contributed by atoms with Crippen LogP contribution in [0.3, 0.4) is 0 Å². The predicted molar refractivity (Wildman–Crippen MR) is 96.2 cm³/mol. The van der Waals surface area contributed by atoms with Gasteiger partial charge in [0.05, 0.1) is 20.8 Å². The van der Waals surface area contributed by atoms with Crippen LogP contribution < -0.4 is 20.1 Å². The maximum Gasteiger partial charge on any atom is 0.239 e. The van der Waals surface area contributed by atoms with Crippen molar-refractivity contribution in [2.24, 2.45) is 0 Å². The molecular weight excluding hydrogens is 328 g/mol. The maximum atomic E-state index is 11.9. The van der Waals surface area contributed by atoms with Crippen LogP contribution in [0.1, 0.15) is 5.56 Å². The number of hydrogen-bond donors (Lipinski definition) is 2. The lowest BCUT2D eigenvalue weighted by molar-refractivity contribution is -0.119. The first kappa shape index (κ1) is 17.9. The lowest BCUT2D eigenvalue weighted by atomic mass is 10.1. The van der Waals surface area contributed by atoms with Crippen molar-refractivity contribution < 1.29 is 14.3 Å². The van der Waals surface area contributed by atoms with E-state index in [1.54, 1.807) is 26.4 Å². The molecule has 0 heterocycles. The number of nitrogens with one attached hydrogen (secondary N) is 2. The molecule has 128 valence electrons. The summed E-state index contributed by atoms with van der Waals surface area (Å²) in [7, 11) is 3.16. The number of rotatable bonds is 8. The van der Waals surface area contributed by atoms with Gasteiger partial charge in [-0.2, -0.15) is 0 Å². The van der Waals surface area contributed by atoms with E-state index in [1.165, 1.54) is 0 Å². The van der Waals surface area contributed by atoms with Crippen LogP contribution >= 0.6 is 11.6 Å². The van der Waals surface area contributed by atoms with Crippen molar-refractivity contribution >= 4 is 23.2 Å². The Morgan fingerprint density at radius 1 is 1.08 bits per heavy atom. The van der Waals surface area contributed by atoms with Gasteiger partial charge in [-0.25, -0.2) is 0 Å². The summed E-state index contributed by atoms with van der Waals surface area (Å²) in [5.74, 6) is 1.18. The second-order valence-corrected chi connectivity index (χ2v) is 5.59. The SMILES string of the molecule is COc1ccc(NCC(=O)NCCc2cccc(Cl)c2)cc1OC. The van der Waals surface area contributed by atoms with Crippen LogP contribution in [0.15, 0.2) is 42.5 Å². The number of benzene rings is 2. The van der Waals surface area contributed by atoms with Crippen molar-refractivity contribution in [1.82, 2.24) is 5.32 Å². The fourth-order valence-corrected chi connectivity index (χ4v) is 2.44. The molecule has 0 bridgehead atoms. The molecule has 24 heavy (non-hydrogen) atoms. The van der Waals surface area contributed by atoms with Gasteiger partial charge in [0.2, 0.25) is 5.91 Å². The number of carbonyl (C=O) groups is 1. The van der Waals surface area contributed by atoms with Gasteiger partial charge in [-0.1, -0.05) is 23.7 Å². The number of methoxy groups -OCH3 is 2. The standard InChI is InChI=1S/C18H21ClN2O3/c1-23-16-7-6-15(11-17(16)24-2)21-12-18(22)20-9-8-13-4-3-5-14(19)10-13/h3-7,10-11,21H,8-9,12H2,1-2H3,(H,20,22). The van der Waals surface area contributed by atoms with Gasteiger partial charge >= 0.3 is 0 Å². The minimum atomic E-state index is -0.0770. The van der Waals surface area contributed by atoms with Crippen LogP contribution in [0.4, 0.5) is 5.69 Å². The summed E-state index contributed by atoms with van der Waals surface area (Å²) in [5.41, 5.74) is 1.88. The summed E-state index contributed by atoms with van der Waals surface area (Å²) in [6.07, 6.45) is 0.739. The summed E-state index contributed by atoms with van der Waals surface area (Å²) < 4.78 is 10.4. The highest BCUT2D eigenvalue weighted by Crippen LogP contribution is 2.29. The first-order valence-electron chi connectivity index (χ1n) is 7.59. The van der Waals surface area contributed by atoms with E-state index >= 15 is 0 Å². The van der Waals surface area contributed by atoms with Gasteiger partial charge in [-0.05, 0) is 36.2 Å². The van der Waals surface area contributed by atoms with Crippen LogP contribution in [0, 0.1) is 0 Å². The number of carbonyl (C=O) groups excluding carboxylic acids is 1. The first-order chi connectivity index (χ1) is 11.6. The first-order valence-corrected chi connectivity index (χ1v) is 7.97. The minimum Gasteiger partial charge on any atom is -0.493 e. The molecule has 0 unspecified atom stereocenters. The van der Waals surface area contributed by atoms with E-state index in [4.69, 9.17) is 21.1 Å². The third kappa shape index (κ3) is 5.35. The molecule has 0 aromatic heterocycles. The van der Waals surface area contributed by atoms with Gasteiger partial charge in [0.25, 0.3) is 0 Å². The van der Waals surface area contributed by atoms with Crippen molar-refractivity contribution in [3.05, 3.63) is 53.1 Å². The molecule has 0 aliphatic rings. The molecular formula is C18H21ClN2O3. The van der Waals surface area contributed by atoms with Crippen molar-refractivity contribution in [1.29, 1.82) is 0 Å². The van der Waals surface area contributed by atoms with Gasteiger partial charge in [0.15, 0.2) is 11.5 Å². The van der Waals surface area contributed by atoms with E-state index in [-0.39, 0.29) is 12.5 Å².